The fourth-order valence-corrected chi connectivity index (χ4v) is 8.57. The van der Waals surface area contributed by atoms with Gasteiger partial charge in [-0.1, -0.05) is 83.9 Å². The van der Waals surface area contributed by atoms with Crippen LogP contribution in [-0.2, 0) is 0 Å². The summed E-state index contributed by atoms with van der Waals surface area (Å²) in [4.78, 5) is 4.57. The summed E-state index contributed by atoms with van der Waals surface area (Å²) in [6.07, 6.45) is 0. The van der Waals surface area contributed by atoms with Crippen LogP contribution < -0.4 is 0 Å². The second-order valence-electron chi connectivity index (χ2n) is 5.38. The highest BCUT2D eigenvalue weighted by Gasteiger charge is 2.18. The highest BCUT2D eigenvalue weighted by atomic mass is 35.5. The van der Waals surface area contributed by atoms with Crippen LogP contribution in [0.1, 0.15) is 0 Å². The molecule has 2 heterocycles. The van der Waals surface area contributed by atoms with E-state index in [0.29, 0.717) is 0 Å². The predicted octanol–water partition coefficient (Wildman–Crippen LogP) is 9.25. The first kappa shape index (κ1) is 18.5. The van der Waals surface area contributed by atoms with Crippen molar-refractivity contribution in [3.05, 3.63) is 81.5 Å². The van der Waals surface area contributed by atoms with Gasteiger partial charge in [0.2, 0.25) is 0 Å². The third kappa shape index (κ3) is 3.86. The predicted molar refractivity (Wildman–Crippen MR) is 121 cm³/mol. The highest BCUT2D eigenvalue weighted by Crippen LogP contribution is 2.53. The molecule has 0 atom stereocenters. The number of rotatable bonds is 5. The molecule has 0 N–H and O–H groups in total. The van der Waals surface area contributed by atoms with Crippen molar-refractivity contribution in [3.8, 4) is 20.9 Å². The Balaban J connectivity index is 1.64. The Kier molecular flexibility index (Phi) is 5.99. The van der Waals surface area contributed by atoms with Gasteiger partial charge < -0.3 is 0 Å². The van der Waals surface area contributed by atoms with E-state index in [2.05, 4.69) is 24.3 Å². The minimum atomic E-state index is 0.791. The van der Waals surface area contributed by atoms with Crippen LogP contribution in [0.2, 0.25) is 10.0 Å². The fraction of sp³-hybridized carbons (Fsp3) is 0. The third-order valence-electron chi connectivity index (χ3n) is 3.69. The molecular weight excluding hydrogens is 439 g/mol. The molecule has 0 aliphatic rings. The van der Waals surface area contributed by atoms with Crippen molar-refractivity contribution in [2.45, 2.75) is 9.79 Å². The molecule has 0 unspecified atom stereocenters. The van der Waals surface area contributed by atoms with Crippen LogP contribution >= 0.6 is 67.5 Å². The minimum absolute atomic E-state index is 0.791. The SMILES string of the molecule is Clc1csc(-c2ccccc2)c1SSc1c(Cl)csc1-c1ccccc1. The van der Waals surface area contributed by atoms with Crippen molar-refractivity contribution in [2.24, 2.45) is 0 Å². The van der Waals surface area contributed by atoms with Crippen LogP contribution in [0.15, 0.2) is 81.2 Å². The highest BCUT2D eigenvalue weighted by molar-refractivity contribution is 8.76. The van der Waals surface area contributed by atoms with E-state index in [9.17, 15) is 0 Å². The normalized spacial score (nSPS) is 11.0. The van der Waals surface area contributed by atoms with Crippen molar-refractivity contribution in [1.29, 1.82) is 0 Å². The van der Waals surface area contributed by atoms with Crippen LogP contribution in [-0.4, -0.2) is 0 Å². The van der Waals surface area contributed by atoms with E-state index in [-0.39, 0.29) is 0 Å². The summed E-state index contributed by atoms with van der Waals surface area (Å²) in [7, 11) is 3.35. The van der Waals surface area contributed by atoms with Gasteiger partial charge in [0.25, 0.3) is 0 Å². The van der Waals surface area contributed by atoms with E-state index in [0.717, 1.165) is 19.8 Å². The molecule has 0 nitrogen and oxygen atoms in total. The van der Waals surface area contributed by atoms with Gasteiger partial charge in [0.1, 0.15) is 0 Å². The molecule has 4 rings (SSSR count). The Morgan fingerprint density at radius 3 is 1.35 bits per heavy atom. The van der Waals surface area contributed by atoms with E-state index in [1.165, 1.54) is 20.9 Å². The number of benzene rings is 2. The van der Waals surface area contributed by atoms with Gasteiger partial charge >= 0.3 is 0 Å². The van der Waals surface area contributed by atoms with Crippen molar-refractivity contribution in [3.63, 3.8) is 0 Å². The average molecular weight is 451 g/mol. The van der Waals surface area contributed by atoms with Gasteiger partial charge in [0.05, 0.1) is 29.6 Å². The Morgan fingerprint density at radius 1 is 0.577 bits per heavy atom. The summed E-state index contributed by atoms with van der Waals surface area (Å²) >= 11 is 16.3. The lowest BCUT2D eigenvalue weighted by Crippen LogP contribution is -1.76. The van der Waals surface area contributed by atoms with Gasteiger partial charge in [-0.25, -0.2) is 0 Å². The molecule has 4 aromatic rings. The standard InChI is InChI=1S/C20H12Cl2S4/c21-15-11-23-17(13-7-3-1-4-8-13)19(15)25-26-20-16(22)12-24-18(20)14-9-5-2-6-10-14/h1-12H. The van der Waals surface area contributed by atoms with Gasteiger partial charge in [-0.2, -0.15) is 0 Å². The number of halogens is 2. The Labute approximate surface area is 178 Å². The number of hydrogen-bond acceptors (Lipinski definition) is 4. The Hall–Kier alpha value is -0.880. The largest absolute Gasteiger partial charge is 0.141 e. The summed E-state index contributed by atoms with van der Waals surface area (Å²) in [6, 6.07) is 20.7. The van der Waals surface area contributed by atoms with Gasteiger partial charge in [-0.05, 0) is 32.7 Å². The smallest absolute Gasteiger partial charge is 0.0664 e. The molecule has 0 saturated carbocycles. The lowest BCUT2D eigenvalue weighted by atomic mass is 10.2. The van der Waals surface area contributed by atoms with Crippen molar-refractivity contribution >= 4 is 67.5 Å². The zero-order chi connectivity index (χ0) is 17.9. The van der Waals surface area contributed by atoms with Crippen LogP contribution in [0.5, 0.6) is 0 Å². The maximum atomic E-state index is 6.48. The van der Waals surface area contributed by atoms with Crippen LogP contribution in [0.4, 0.5) is 0 Å². The topological polar surface area (TPSA) is 0 Å². The lowest BCUT2D eigenvalue weighted by Gasteiger charge is -2.07. The zero-order valence-corrected chi connectivity index (χ0v) is 18.1. The fourth-order valence-electron chi connectivity index (χ4n) is 2.47. The molecular formula is C20H12Cl2S4. The number of thiophene rings is 2. The van der Waals surface area contributed by atoms with Gasteiger partial charge in [-0.3, -0.25) is 0 Å². The summed E-state index contributed by atoms with van der Waals surface area (Å²) in [5, 5.41) is 5.58. The van der Waals surface area contributed by atoms with Crippen LogP contribution in [0.3, 0.4) is 0 Å². The maximum Gasteiger partial charge on any atom is 0.0664 e. The third-order valence-corrected chi connectivity index (χ3v) is 9.60. The van der Waals surface area contributed by atoms with Crippen molar-refractivity contribution in [1.82, 2.24) is 0 Å². The van der Waals surface area contributed by atoms with Gasteiger partial charge in [0, 0.05) is 10.8 Å². The molecule has 0 amide bonds. The molecule has 0 saturated heterocycles. The molecule has 0 fully saturated rings. The summed E-state index contributed by atoms with van der Waals surface area (Å²) in [6.45, 7) is 0. The molecule has 0 aliphatic carbocycles. The first-order chi connectivity index (χ1) is 12.7. The van der Waals surface area contributed by atoms with E-state index in [4.69, 9.17) is 23.2 Å². The molecule has 2 aromatic heterocycles. The number of hydrogen-bond donors (Lipinski definition) is 0. The minimum Gasteiger partial charge on any atom is -0.141 e. The summed E-state index contributed by atoms with van der Waals surface area (Å²) in [5.41, 5.74) is 2.37. The first-order valence-electron chi connectivity index (χ1n) is 7.73. The molecule has 0 aliphatic heterocycles. The van der Waals surface area contributed by atoms with E-state index >= 15 is 0 Å². The van der Waals surface area contributed by atoms with E-state index in [1.807, 2.05) is 47.2 Å². The zero-order valence-electron chi connectivity index (χ0n) is 13.3. The van der Waals surface area contributed by atoms with Crippen LogP contribution in [0.25, 0.3) is 20.9 Å². The Bertz CT molecular complexity index is 923. The maximum absolute atomic E-state index is 6.48. The monoisotopic (exact) mass is 450 g/mol. The molecule has 0 radical (unpaired) electrons. The van der Waals surface area contributed by atoms with Gasteiger partial charge in [-0.15, -0.1) is 22.7 Å². The van der Waals surface area contributed by atoms with E-state index in [1.54, 1.807) is 44.3 Å². The Morgan fingerprint density at radius 2 is 0.962 bits per heavy atom. The average Bonchev–Trinajstić information content (AvgIpc) is 3.24. The second kappa shape index (κ2) is 8.42. The quantitative estimate of drug-likeness (QED) is 0.277. The van der Waals surface area contributed by atoms with E-state index < -0.39 is 0 Å². The molecule has 130 valence electrons. The molecule has 0 spiro atoms. The molecule has 26 heavy (non-hydrogen) atoms. The molecule has 0 bridgehead atoms. The lowest BCUT2D eigenvalue weighted by molar-refractivity contribution is 1.55. The second-order valence-corrected chi connectivity index (χ2v) is 10.1. The first-order valence-corrected chi connectivity index (χ1v) is 12.4. The van der Waals surface area contributed by atoms with Gasteiger partial charge in [0.15, 0.2) is 0 Å². The van der Waals surface area contributed by atoms with Crippen molar-refractivity contribution < 1.29 is 0 Å². The van der Waals surface area contributed by atoms with Crippen LogP contribution in [0, 0.1) is 0 Å². The summed E-state index contributed by atoms with van der Waals surface area (Å²) in [5.74, 6) is 0. The summed E-state index contributed by atoms with van der Waals surface area (Å²) < 4.78 is 0. The molecule has 6 heteroatoms. The van der Waals surface area contributed by atoms with Crippen molar-refractivity contribution in [2.75, 3.05) is 0 Å². The molecule has 2 aromatic carbocycles.